The molecule has 0 saturated carbocycles. The lowest BCUT2D eigenvalue weighted by Crippen LogP contribution is -2.36. The highest BCUT2D eigenvalue weighted by Gasteiger charge is 2.35. The van der Waals surface area contributed by atoms with Crippen LogP contribution in [0.15, 0.2) is 24.3 Å². The summed E-state index contributed by atoms with van der Waals surface area (Å²) in [5.41, 5.74) is 2.22. The van der Waals surface area contributed by atoms with Crippen molar-refractivity contribution in [1.82, 2.24) is 10.2 Å². The first-order chi connectivity index (χ1) is 11.8. The van der Waals surface area contributed by atoms with Crippen molar-refractivity contribution in [2.24, 2.45) is 11.8 Å². The number of hydrogen-bond acceptors (Lipinski definition) is 4. The van der Waals surface area contributed by atoms with Crippen molar-refractivity contribution in [3.05, 3.63) is 35.4 Å². The zero-order valence-corrected chi connectivity index (χ0v) is 15.2. The molecular formula is C18H24N2O4S. The first-order valence-electron chi connectivity index (χ1n) is 8.64. The van der Waals surface area contributed by atoms with Gasteiger partial charge in [-0.3, -0.25) is 9.59 Å². The van der Waals surface area contributed by atoms with Gasteiger partial charge in [-0.05, 0) is 24.8 Å². The summed E-state index contributed by atoms with van der Waals surface area (Å²) in [6.45, 7) is 3.33. The lowest BCUT2D eigenvalue weighted by Gasteiger charge is -2.17. The smallest absolute Gasteiger partial charge is 0.225 e. The van der Waals surface area contributed by atoms with Gasteiger partial charge >= 0.3 is 0 Å². The van der Waals surface area contributed by atoms with Crippen LogP contribution in [0.1, 0.15) is 24.0 Å². The summed E-state index contributed by atoms with van der Waals surface area (Å²) in [5, 5.41) is 2.83. The van der Waals surface area contributed by atoms with Gasteiger partial charge in [0, 0.05) is 26.1 Å². The fourth-order valence-electron chi connectivity index (χ4n) is 3.44. The Morgan fingerprint density at radius 1 is 1.28 bits per heavy atom. The van der Waals surface area contributed by atoms with E-state index in [1.807, 2.05) is 31.2 Å². The van der Waals surface area contributed by atoms with Crippen molar-refractivity contribution in [3.63, 3.8) is 0 Å². The molecule has 2 aliphatic heterocycles. The predicted octanol–water partition coefficient (Wildman–Crippen LogP) is 0.894. The molecule has 3 rings (SSSR count). The fraction of sp³-hybridized carbons (Fsp3) is 0.556. The molecule has 0 radical (unpaired) electrons. The third kappa shape index (κ3) is 4.60. The lowest BCUT2D eigenvalue weighted by atomic mass is 10.1. The van der Waals surface area contributed by atoms with E-state index < -0.39 is 9.84 Å². The van der Waals surface area contributed by atoms with Crippen LogP contribution in [-0.4, -0.2) is 49.7 Å². The van der Waals surface area contributed by atoms with E-state index in [1.165, 1.54) is 5.56 Å². The summed E-state index contributed by atoms with van der Waals surface area (Å²) < 4.78 is 22.9. The van der Waals surface area contributed by atoms with Gasteiger partial charge in [0.1, 0.15) is 0 Å². The Hall–Kier alpha value is -1.89. The van der Waals surface area contributed by atoms with E-state index in [9.17, 15) is 18.0 Å². The second-order valence-electron chi connectivity index (χ2n) is 7.18. The minimum Gasteiger partial charge on any atom is -0.355 e. The van der Waals surface area contributed by atoms with Crippen LogP contribution in [0.2, 0.25) is 0 Å². The Bertz CT molecular complexity index is 758. The third-order valence-corrected chi connectivity index (χ3v) is 6.81. The van der Waals surface area contributed by atoms with Crippen molar-refractivity contribution >= 4 is 21.7 Å². The molecule has 2 atom stereocenters. The molecule has 1 aromatic rings. The van der Waals surface area contributed by atoms with Crippen LogP contribution in [0.5, 0.6) is 0 Å². The number of carbonyl (C=O) groups is 2. The van der Waals surface area contributed by atoms with Crippen molar-refractivity contribution in [2.75, 3.05) is 24.6 Å². The molecule has 1 N–H and O–H groups in total. The summed E-state index contributed by atoms with van der Waals surface area (Å²) in [6.07, 6.45) is 0.826. The lowest BCUT2D eigenvalue weighted by molar-refractivity contribution is -0.129. The number of nitrogens with zero attached hydrogens (tertiary/aromatic N) is 1. The number of likely N-dealkylation sites (tertiary alicyclic amines) is 1. The van der Waals surface area contributed by atoms with Crippen molar-refractivity contribution in [2.45, 2.75) is 26.3 Å². The largest absolute Gasteiger partial charge is 0.355 e. The van der Waals surface area contributed by atoms with Gasteiger partial charge in [0.25, 0.3) is 0 Å². The Balaban J connectivity index is 1.49. The van der Waals surface area contributed by atoms with Crippen LogP contribution in [-0.2, 0) is 26.0 Å². The van der Waals surface area contributed by atoms with Gasteiger partial charge in [-0.2, -0.15) is 0 Å². The van der Waals surface area contributed by atoms with E-state index in [1.54, 1.807) is 4.90 Å². The van der Waals surface area contributed by atoms with Crippen molar-refractivity contribution < 1.29 is 18.0 Å². The van der Waals surface area contributed by atoms with Gasteiger partial charge in [0.05, 0.1) is 17.4 Å². The predicted molar refractivity (Wildman–Crippen MR) is 94.5 cm³/mol. The standard InChI is InChI=1S/C18H24N2O4S/c1-13-2-4-14(5-3-13)10-20-11-16(8-17(20)21)18(22)19-9-15-6-7-25(23,24)12-15/h2-5,15-16H,6-12H2,1H3,(H,19,22)/t15-,16+/m1/s1. The molecule has 6 nitrogen and oxygen atoms in total. The van der Waals surface area contributed by atoms with Gasteiger partial charge < -0.3 is 10.2 Å². The first-order valence-corrected chi connectivity index (χ1v) is 10.5. The Morgan fingerprint density at radius 3 is 2.64 bits per heavy atom. The monoisotopic (exact) mass is 364 g/mol. The van der Waals surface area contributed by atoms with E-state index in [4.69, 9.17) is 0 Å². The number of benzene rings is 1. The summed E-state index contributed by atoms with van der Waals surface area (Å²) in [4.78, 5) is 26.2. The molecule has 2 saturated heterocycles. The average Bonchev–Trinajstić information content (AvgIpc) is 3.10. The average molecular weight is 364 g/mol. The molecule has 0 unspecified atom stereocenters. The van der Waals surface area contributed by atoms with Crippen LogP contribution in [0, 0.1) is 18.8 Å². The fourth-order valence-corrected chi connectivity index (χ4v) is 5.30. The summed E-state index contributed by atoms with van der Waals surface area (Å²) >= 11 is 0. The molecule has 0 spiro atoms. The highest BCUT2D eigenvalue weighted by molar-refractivity contribution is 7.91. The van der Waals surface area contributed by atoms with Crippen LogP contribution in [0.3, 0.4) is 0 Å². The molecule has 136 valence electrons. The molecule has 2 heterocycles. The number of carbonyl (C=O) groups excluding carboxylic acids is 2. The number of aryl methyl sites for hydroxylation is 1. The minimum absolute atomic E-state index is 0.00489. The number of amides is 2. The topological polar surface area (TPSA) is 83.6 Å². The van der Waals surface area contributed by atoms with E-state index in [-0.39, 0.29) is 41.6 Å². The number of sulfone groups is 1. The molecule has 7 heteroatoms. The van der Waals surface area contributed by atoms with Crippen LogP contribution >= 0.6 is 0 Å². The van der Waals surface area contributed by atoms with Gasteiger partial charge in [0.2, 0.25) is 11.8 Å². The molecule has 0 aromatic heterocycles. The summed E-state index contributed by atoms with van der Waals surface area (Å²) in [7, 11) is -2.93. The maximum atomic E-state index is 12.3. The van der Waals surface area contributed by atoms with E-state index in [0.29, 0.717) is 26.1 Å². The van der Waals surface area contributed by atoms with Gasteiger partial charge in [-0.15, -0.1) is 0 Å². The zero-order chi connectivity index (χ0) is 18.0. The van der Waals surface area contributed by atoms with E-state index >= 15 is 0 Å². The third-order valence-electron chi connectivity index (χ3n) is 4.97. The molecular weight excluding hydrogens is 340 g/mol. The highest BCUT2D eigenvalue weighted by atomic mass is 32.2. The van der Waals surface area contributed by atoms with Crippen LogP contribution in [0.4, 0.5) is 0 Å². The Labute approximate surface area is 148 Å². The minimum atomic E-state index is -2.93. The maximum absolute atomic E-state index is 12.3. The number of rotatable bonds is 5. The maximum Gasteiger partial charge on any atom is 0.225 e. The van der Waals surface area contributed by atoms with Gasteiger partial charge in [-0.25, -0.2) is 8.42 Å². The van der Waals surface area contributed by atoms with Crippen molar-refractivity contribution in [1.29, 1.82) is 0 Å². The highest BCUT2D eigenvalue weighted by Crippen LogP contribution is 2.22. The quantitative estimate of drug-likeness (QED) is 0.841. The SMILES string of the molecule is Cc1ccc(CN2C[C@@H](C(=O)NC[C@H]3CCS(=O)(=O)C3)CC2=O)cc1. The Kier molecular flexibility index (Phi) is 5.13. The van der Waals surface area contributed by atoms with E-state index in [0.717, 1.165) is 5.56 Å². The Morgan fingerprint density at radius 2 is 2.00 bits per heavy atom. The van der Waals surface area contributed by atoms with Gasteiger partial charge in [-0.1, -0.05) is 29.8 Å². The zero-order valence-electron chi connectivity index (χ0n) is 14.4. The normalized spacial score (nSPS) is 25.3. The number of hydrogen-bond donors (Lipinski definition) is 1. The second-order valence-corrected chi connectivity index (χ2v) is 9.40. The van der Waals surface area contributed by atoms with Crippen LogP contribution in [0.25, 0.3) is 0 Å². The molecule has 0 aliphatic carbocycles. The molecule has 1 aromatic carbocycles. The molecule has 0 bridgehead atoms. The molecule has 2 amide bonds. The second kappa shape index (κ2) is 7.15. The van der Waals surface area contributed by atoms with Gasteiger partial charge in [0.15, 0.2) is 9.84 Å². The summed E-state index contributed by atoms with van der Waals surface area (Å²) in [6, 6.07) is 8.01. The molecule has 2 aliphatic rings. The van der Waals surface area contributed by atoms with E-state index in [2.05, 4.69) is 5.32 Å². The summed E-state index contributed by atoms with van der Waals surface area (Å²) in [5.74, 6) is -0.158. The van der Waals surface area contributed by atoms with Crippen molar-refractivity contribution in [3.8, 4) is 0 Å². The molecule has 2 fully saturated rings. The molecule has 25 heavy (non-hydrogen) atoms. The number of nitrogens with one attached hydrogen (secondary N) is 1. The van der Waals surface area contributed by atoms with Crippen LogP contribution < -0.4 is 5.32 Å². The first kappa shape index (κ1) is 17.9.